The third kappa shape index (κ3) is 6.44. The quantitative estimate of drug-likeness (QED) is 0.856. The molecule has 0 amide bonds. The standard InChI is InChI=1S/C12H17F3N2O/c1-9(2)16-8-10-4-3-5-11(17-10)18-7-6-12(13,14)15/h3-5,9,16H,6-8H2,1-2H3. The van der Waals surface area contributed by atoms with E-state index in [0.29, 0.717) is 12.6 Å². The number of nitrogens with zero attached hydrogens (tertiary/aromatic N) is 1. The van der Waals surface area contributed by atoms with Crippen LogP contribution in [-0.2, 0) is 6.54 Å². The highest BCUT2D eigenvalue weighted by atomic mass is 19.4. The van der Waals surface area contributed by atoms with Gasteiger partial charge < -0.3 is 10.1 Å². The van der Waals surface area contributed by atoms with Crippen molar-refractivity contribution in [1.29, 1.82) is 0 Å². The molecule has 0 bridgehead atoms. The molecule has 1 rings (SSSR count). The number of aromatic nitrogens is 1. The molecular formula is C12H17F3N2O. The van der Waals surface area contributed by atoms with Crippen LogP contribution in [0.5, 0.6) is 5.88 Å². The van der Waals surface area contributed by atoms with Gasteiger partial charge in [-0.15, -0.1) is 0 Å². The smallest absolute Gasteiger partial charge is 0.392 e. The molecule has 0 spiro atoms. The Balaban J connectivity index is 2.44. The highest BCUT2D eigenvalue weighted by Gasteiger charge is 2.26. The van der Waals surface area contributed by atoms with Crippen molar-refractivity contribution in [2.24, 2.45) is 0 Å². The van der Waals surface area contributed by atoms with E-state index in [1.165, 1.54) is 0 Å². The van der Waals surface area contributed by atoms with Crippen molar-refractivity contribution in [3.8, 4) is 5.88 Å². The summed E-state index contributed by atoms with van der Waals surface area (Å²) in [4.78, 5) is 4.11. The van der Waals surface area contributed by atoms with Gasteiger partial charge in [0.1, 0.15) is 0 Å². The zero-order valence-corrected chi connectivity index (χ0v) is 10.4. The summed E-state index contributed by atoms with van der Waals surface area (Å²) in [5.74, 6) is 0.224. The zero-order valence-electron chi connectivity index (χ0n) is 10.4. The minimum Gasteiger partial charge on any atom is -0.477 e. The van der Waals surface area contributed by atoms with Crippen molar-refractivity contribution in [2.45, 2.75) is 39.0 Å². The molecule has 0 radical (unpaired) electrons. The predicted octanol–water partition coefficient (Wildman–Crippen LogP) is 2.91. The Hall–Kier alpha value is -1.30. The monoisotopic (exact) mass is 262 g/mol. The first-order valence-corrected chi connectivity index (χ1v) is 5.76. The van der Waals surface area contributed by atoms with Gasteiger partial charge in [0.05, 0.1) is 18.7 Å². The average molecular weight is 262 g/mol. The number of hydrogen-bond donors (Lipinski definition) is 1. The third-order valence-corrected chi connectivity index (χ3v) is 2.11. The number of nitrogens with one attached hydrogen (secondary N) is 1. The zero-order chi connectivity index (χ0) is 13.6. The van der Waals surface area contributed by atoms with Crippen LogP contribution in [0.2, 0.25) is 0 Å². The molecule has 1 aromatic rings. The van der Waals surface area contributed by atoms with Crippen molar-refractivity contribution < 1.29 is 17.9 Å². The van der Waals surface area contributed by atoms with E-state index >= 15 is 0 Å². The maximum atomic E-state index is 11.9. The molecule has 0 unspecified atom stereocenters. The van der Waals surface area contributed by atoms with E-state index in [0.717, 1.165) is 5.69 Å². The number of hydrogen-bond acceptors (Lipinski definition) is 3. The molecule has 0 saturated heterocycles. The van der Waals surface area contributed by atoms with E-state index in [1.54, 1.807) is 18.2 Å². The summed E-state index contributed by atoms with van der Waals surface area (Å²) in [6.07, 6.45) is -5.17. The molecule has 3 nitrogen and oxygen atoms in total. The van der Waals surface area contributed by atoms with Gasteiger partial charge in [0, 0.05) is 18.7 Å². The van der Waals surface area contributed by atoms with Crippen molar-refractivity contribution in [1.82, 2.24) is 10.3 Å². The lowest BCUT2D eigenvalue weighted by atomic mass is 10.3. The van der Waals surface area contributed by atoms with Crippen LogP contribution in [0.25, 0.3) is 0 Å². The van der Waals surface area contributed by atoms with Crippen LogP contribution in [0, 0.1) is 0 Å². The largest absolute Gasteiger partial charge is 0.477 e. The Kier molecular flexibility index (Phi) is 5.40. The number of ether oxygens (including phenoxy) is 1. The number of alkyl halides is 3. The molecule has 102 valence electrons. The van der Waals surface area contributed by atoms with E-state index in [2.05, 4.69) is 10.3 Å². The van der Waals surface area contributed by atoms with Gasteiger partial charge in [-0.3, -0.25) is 0 Å². The molecule has 1 N–H and O–H groups in total. The Bertz CT molecular complexity index is 367. The summed E-state index contributed by atoms with van der Waals surface area (Å²) < 4.78 is 40.8. The second kappa shape index (κ2) is 6.58. The summed E-state index contributed by atoms with van der Waals surface area (Å²) in [6.45, 7) is 4.17. The molecular weight excluding hydrogens is 245 g/mol. The first-order valence-electron chi connectivity index (χ1n) is 5.76. The third-order valence-electron chi connectivity index (χ3n) is 2.11. The fourth-order valence-corrected chi connectivity index (χ4v) is 1.22. The molecule has 0 atom stereocenters. The van der Waals surface area contributed by atoms with Gasteiger partial charge in [0.2, 0.25) is 5.88 Å². The Labute approximate surface area is 104 Å². The molecule has 1 aromatic heterocycles. The highest BCUT2D eigenvalue weighted by molar-refractivity contribution is 5.15. The first kappa shape index (κ1) is 14.8. The van der Waals surface area contributed by atoms with Crippen LogP contribution in [0.3, 0.4) is 0 Å². The van der Waals surface area contributed by atoms with Crippen molar-refractivity contribution in [3.05, 3.63) is 23.9 Å². The van der Waals surface area contributed by atoms with Gasteiger partial charge in [-0.2, -0.15) is 13.2 Å². The van der Waals surface area contributed by atoms with Crippen molar-refractivity contribution >= 4 is 0 Å². The van der Waals surface area contributed by atoms with Crippen LogP contribution < -0.4 is 10.1 Å². The molecule has 0 aliphatic heterocycles. The van der Waals surface area contributed by atoms with Crippen LogP contribution >= 0.6 is 0 Å². The van der Waals surface area contributed by atoms with Gasteiger partial charge in [-0.05, 0) is 6.07 Å². The van der Waals surface area contributed by atoms with Crippen molar-refractivity contribution in [2.75, 3.05) is 6.61 Å². The van der Waals surface area contributed by atoms with E-state index in [9.17, 15) is 13.2 Å². The van der Waals surface area contributed by atoms with Gasteiger partial charge in [0.15, 0.2) is 0 Å². The molecule has 0 saturated carbocycles. The molecule has 0 aliphatic rings. The Morgan fingerprint density at radius 2 is 2.06 bits per heavy atom. The molecule has 6 heteroatoms. The van der Waals surface area contributed by atoms with Crippen LogP contribution in [-0.4, -0.2) is 23.8 Å². The van der Waals surface area contributed by atoms with Crippen molar-refractivity contribution in [3.63, 3.8) is 0 Å². The van der Waals surface area contributed by atoms with E-state index < -0.39 is 19.2 Å². The average Bonchev–Trinajstić information content (AvgIpc) is 2.25. The van der Waals surface area contributed by atoms with Gasteiger partial charge >= 0.3 is 6.18 Å². The fourth-order valence-electron chi connectivity index (χ4n) is 1.22. The summed E-state index contributed by atoms with van der Waals surface area (Å²) >= 11 is 0. The maximum absolute atomic E-state index is 11.9. The normalized spacial score (nSPS) is 11.9. The summed E-state index contributed by atoms with van der Waals surface area (Å²) in [7, 11) is 0. The summed E-state index contributed by atoms with van der Waals surface area (Å²) in [6, 6.07) is 5.38. The highest BCUT2D eigenvalue weighted by Crippen LogP contribution is 2.19. The van der Waals surface area contributed by atoms with Gasteiger partial charge in [-0.25, -0.2) is 4.98 Å². The lowest BCUT2D eigenvalue weighted by Gasteiger charge is -2.10. The SMILES string of the molecule is CC(C)NCc1cccc(OCCC(F)(F)F)n1. The number of pyridine rings is 1. The van der Waals surface area contributed by atoms with Crippen LogP contribution in [0.4, 0.5) is 13.2 Å². The summed E-state index contributed by atoms with van der Waals surface area (Å²) in [5.41, 5.74) is 0.744. The van der Waals surface area contributed by atoms with Gasteiger partial charge in [-0.1, -0.05) is 19.9 Å². The number of rotatable bonds is 6. The Morgan fingerprint density at radius 3 is 2.67 bits per heavy atom. The van der Waals surface area contributed by atoms with Crippen LogP contribution in [0.1, 0.15) is 26.0 Å². The topological polar surface area (TPSA) is 34.1 Å². The van der Waals surface area contributed by atoms with E-state index in [1.807, 2.05) is 13.8 Å². The number of halogens is 3. The van der Waals surface area contributed by atoms with Crippen LogP contribution in [0.15, 0.2) is 18.2 Å². The lowest BCUT2D eigenvalue weighted by molar-refractivity contribution is -0.139. The van der Waals surface area contributed by atoms with E-state index in [-0.39, 0.29) is 5.88 Å². The minimum atomic E-state index is -4.20. The minimum absolute atomic E-state index is 0.224. The molecule has 0 fully saturated rings. The summed E-state index contributed by atoms with van der Waals surface area (Å²) in [5, 5.41) is 3.17. The fraction of sp³-hybridized carbons (Fsp3) is 0.583. The first-order chi connectivity index (χ1) is 8.37. The molecule has 0 aliphatic carbocycles. The van der Waals surface area contributed by atoms with Gasteiger partial charge in [0.25, 0.3) is 0 Å². The Morgan fingerprint density at radius 1 is 1.33 bits per heavy atom. The molecule has 0 aromatic carbocycles. The van der Waals surface area contributed by atoms with E-state index in [4.69, 9.17) is 4.74 Å². The molecule has 18 heavy (non-hydrogen) atoms. The predicted molar refractivity (Wildman–Crippen MR) is 62.4 cm³/mol. The second-order valence-corrected chi connectivity index (χ2v) is 4.22. The molecule has 1 heterocycles. The second-order valence-electron chi connectivity index (χ2n) is 4.22. The lowest BCUT2D eigenvalue weighted by Crippen LogP contribution is -2.22. The maximum Gasteiger partial charge on any atom is 0.392 e.